The highest BCUT2D eigenvalue weighted by Crippen LogP contribution is 2.33. The van der Waals surface area contributed by atoms with Gasteiger partial charge in [0.2, 0.25) is 5.91 Å². The van der Waals surface area contributed by atoms with E-state index in [9.17, 15) is 4.79 Å². The molecule has 1 aliphatic heterocycles. The van der Waals surface area contributed by atoms with Gasteiger partial charge in [-0.3, -0.25) is 4.79 Å². The molecule has 2 aromatic rings. The van der Waals surface area contributed by atoms with Crippen molar-refractivity contribution in [2.45, 2.75) is 23.1 Å². The number of H-pyrrole nitrogens is 1. The van der Waals surface area contributed by atoms with Gasteiger partial charge in [-0.2, -0.15) is 10.3 Å². The predicted molar refractivity (Wildman–Crippen MR) is 79.1 cm³/mol. The van der Waals surface area contributed by atoms with Crippen molar-refractivity contribution in [1.29, 1.82) is 0 Å². The van der Waals surface area contributed by atoms with Crippen LogP contribution in [0.5, 0.6) is 0 Å². The molecule has 1 N–H and O–H groups in total. The van der Waals surface area contributed by atoms with E-state index in [1.807, 2.05) is 18.2 Å². The van der Waals surface area contributed by atoms with Crippen LogP contribution in [-0.2, 0) is 4.79 Å². The van der Waals surface area contributed by atoms with Gasteiger partial charge in [-0.1, -0.05) is 35.5 Å². The number of hydrogen-bond donors (Lipinski definition) is 1. The summed E-state index contributed by atoms with van der Waals surface area (Å²) in [7, 11) is 0. The van der Waals surface area contributed by atoms with Gasteiger partial charge in [0.25, 0.3) is 0 Å². The standard InChI is InChI=1S/C13H13ClN4OS/c14-9-4-1-2-5-10(9)18-7-3-6-11(13(18)19)20-12-8-15-17-16-12/h1-2,4-5,8,11H,3,6-7H2,(H,15,16,17)/t11-/m0/s1. The Bertz CT molecular complexity index is 604. The lowest BCUT2D eigenvalue weighted by molar-refractivity contribution is -0.119. The van der Waals surface area contributed by atoms with E-state index in [1.54, 1.807) is 17.2 Å². The van der Waals surface area contributed by atoms with Crippen LogP contribution in [0.4, 0.5) is 5.69 Å². The number of aromatic nitrogens is 3. The number of carbonyl (C=O) groups is 1. The van der Waals surface area contributed by atoms with Gasteiger partial charge in [0, 0.05) is 6.54 Å². The van der Waals surface area contributed by atoms with Gasteiger partial charge in [-0.15, -0.1) is 5.10 Å². The number of para-hydroxylation sites is 1. The number of anilines is 1. The predicted octanol–water partition coefficient (Wildman–Crippen LogP) is 2.75. The van der Waals surface area contributed by atoms with Crippen LogP contribution in [0.25, 0.3) is 0 Å². The first-order valence-electron chi connectivity index (χ1n) is 6.34. The van der Waals surface area contributed by atoms with Crippen molar-refractivity contribution in [3.8, 4) is 0 Å². The highest BCUT2D eigenvalue weighted by atomic mass is 35.5. The summed E-state index contributed by atoms with van der Waals surface area (Å²) in [5.74, 6) is 0.0809. The molecular formula is C13H13ClN4OS. The molecule has 0 spiro atoms. The minimum absolute atomic E-state index is 0.0809. The van der Waals surface area contributed by atoms with Crippen LogP contribution >= 0.6 is 23.4 Å². The van der Waals surface area contributed by atoms with Gasteiger partial charge in [0.05, 0.1) is 22.2 Å². The van der Waals surface area contributed by atoms with E-state index in [0.717, 1.165) is 23.6 Å². The molecule has 2 heterocycles. The molecule has 3 rings (SSSR count). The van der Waals surface area contributed by atoms with Crippen LogP contribution in [0.2, 0.25) is 5.02 Å². The summed E-state index contributed by atoms with van der Waals surface area (Å²) in [4.78, 5) is 14.4. The van der Waals surface area contributed by atoms with Crippen molar-refractivity contribution in [3.05, 3.63) is 35.5 Å². The zero-order valence-electron chi connectivity index (χ0n) is 10.6. The van der Waals surface area contributed by atoms with Gasteiger partial charge in [-0.05, 0) is 25.0 Å². The van der Waals surface area contributed by atoms with Gasteiger partial charge in [0.1, 0.15) is 5.03 Å². The number of nitrogens with zero attached hydrogens (tertiary/aromatic N) is 3. The molecule has 0 bridgehead atoms. The van der Waals surface area contributed by atoms with E-state index in [2.05, 4.69) is 15.4 Å². The Hall–Kier alpha value is -1.53. The molecule has 1 atom stereocenters. The van der Waals surface area contributed by atoms with Gasteiger partial charge in [0.15, 0.2) is 0 Å². The fourth-order valence-corrected chi connectivity index (χ4v) is 3.50. The van der Waals surface area contributed by atoms with Crippen LogP contribution < -0.4 is 4.90 Å². The van der Waals surface area contributed by atoms with Crippen molar-refractivity contribution in [2.75, 3.05) is 11.4 Å². The number of halogens is 1. The third-order valence-electron chi connectivity index (χ3n) is 3.19. The minimum atomic E-state index is -0.134. The van der Waals surface area contributed by atoms with Crippen molar-refractivity contribution in [3.63, 3.8) is 0 Å². The number of aromatic amines is 1. The number of carbonyl (C=O) groups excluding carboxylic acids is 1. The third kappa shape index (κ3) is 2.66. The summed E-state index contributed by atoms with van der Waals surface area (Å²) >= 11 is 7.63. The van der Waals surface area contributed by atoms with E-state index < -0.39 is 0 Å². The first-order valence-corrected chi connectivity index (χ1v) is 7.60. The number of rotatable bonds is 3. The van der Waals surface area contributed by atoms with Crippen LogP contribution in [0.3, 0.4) is 0 Å². The molecule has 0 aliphatic carbocycles. The van der Waals surface area contributed by atoms with E-state index in [0.29, 0.717) is 11.6 Å². The number of piperidine rings is 1. The maximum Gasteiger partial charge on any atom is 0.240 e. The molecule has 20 heavy (non-hydrogen) atoms. The molecule has 0 saturated carbocycles. The molecule has 1 aromatic heterocycles. The van der Waals surface area contributed by atoms with Crippen molar-refractivity contribution in [1.82, 2.24) is 15.4 Å². The summed E-state index contributed by atoms with van der Waals surface area (Å²) in [5.41, 5.74) is 0.782. The normalized spacial score (nSPS) is 19.4. The molecule has 5 nitrogen and oxygen atoms in total. The number of thioether (sulfide) groups is 1. The molecule has 1 amide bonds. The Morgan fingerprint density at radius 3 is 3.00 bits per heavy atom. The topological polar surface area (TPSA) is 61.9 Å². The number of hydrogen-bond acceptors (Lipinski definition) is 4. The average Bonchev–Trinajstić information content (AvgIpc) is 2.95. The highest BCUT2D eigenvalue weighted by Gasteiger charge is 2.31. The van der Waals surface area contributed by atoms with Crippen LogP contribution in [0.1, 0.15) is 12.8 Å². The fraction of sp³-hybridized carbons (Fsp3) is 0.308. The zero-order chi connectivity index (χ0) is 13.9. The average molecular weight is 309 g/mol. The Kier molecular flexibility index (Phi) is 3.93. The second-order valence-electron chi connectivity index (χ2n) is 4.50. The van der Waals surface area contributed by atoms with Crippen molar-refractivity contribution >= 4 is 35.0 Å². The Labute approximate surface area is 125 Å². The smallest absolute Gasteiger partial charge is 0.240 e. The lowest BCUT2D eigenvalue weighted by atomic mass is 10.1. The first kappa shape index (κ1) is 13.5. The molecular weight excluding hydrogens is 296 g/mol. The van der Waals surface area contributed by atoms with Crippen molar-refractivity contribution in [2.24, 2.45) is 0 Å². The van der Waals surface area contributed by atoms with E-state index in [1.165, 1.54) is 11.8 Å². The molecule has 0 radical (unpaired) electrons. The summed E-state index contributed by atoms with van der Waals surface area (Å²) in [5, 5.41) is 11.5. The van der Waals surface area contributed by atoms with Crippen LogP contribution in [0, 0.1) is 0 Å². The lowest BCUT2D eigenvalue weighted by Crippen LogP contribution is -2.43. The fourth-order valence-electron chi connectivity index (χ4n) is 2.26. The quantitative estimate of drug-likeness (QED) is 0.947. The summed E-state index contributed by atoms with van der Waals surface area (Å²) in [6, 6.07) is 7.44. The highest BCUT2D eigenvalue weighted by molar-refractivity contribution is 8.00. The van der Waals surface area contributed by atoms with Gasteiger partial charge < -0.3 is 4.90 Å². The van der Waals surface area contributed by atoms with Crippen LogP contribution in [-0.4, -0.2) is 33.1 Å². The molecule has 1 aromatic carbocycles. The number of benzene rings is 1. The Morgan fingerprint density at radius 1 is 1.40 bits per heavy atom. The largest absolute Gasteiger partial charge is 0.310 e. The number of amides is 1. The van der Waals surface area contributed by atoms with Crippen LogP contribution in [0.15, 0.2) is 35.5 Å². The molecule has 1 aliphatic rings. The maximum atomic E-state index is 12.6. The summed E-state index contributed by atoms with van der Waals surface area (Å²) in [6.45, 7) is 0.707. The minimum Gasteiger partial charge on any atom is -0.310 e. The van der Waals surface area contributed by atoms with E-state index in [4.69, 9.17) is 11.6 Å². The van der Waals surface area contributed by atoms with Gasteiger partial charge >= 0.3 is 0 Å². The Morgan fingerprint density at radius 2 is 2.25 bits per heavy atom. The molecule has 0 unspecified atom stereocenters. The molecule has 1 saturated heterocycles. The third-order valence-corrected chi connectivity index (χ3v) is 4.67. The SMILES string of the molecule is O=C1[C@@H](Sc2cn[nH]n2)CCCN1c1ccccc1Cl. The monoisotopic (exact) mass is 308 g/mol. The van der Waals surface area contributed by atoms with Gasteiger partial charge in [-0.25, -0.2) is 0 Å². The maximum absolute atomic E-state index is 12.6. The Balaban J connectivity index is 1.80. The lowest BCUT2D eigenvalue weighted by Gasteiger charge is -2.32. The summed E-state index contributed by atoms with van der Waals surface area (Å²) in [6.07, 6.45) is 3.43. The zero-order valence-corrected chi connectivity index (χ0v) is 12.2. The second-order valence-corrected chi connectivity index (χ2v) is 6.13. The second kappa shape index (κ2) is 5.85. The first-order chi connectivity index (χ1) is 9.75. The molecule has 7 heteroatoms. The van der Waals surface area contributed by atoms with E-state index >= 15 is 0 Å². The number of nitrogens with one attached hydrogen (secondary N) is 1. The molecule has 104 valence electrons. The summed E-state index contributed by atoms with van der Waals surface area (Å²) < 4.78 is 0. The van der Waals surface area contributed by atoms with E-state index in [-0.39, 0.29) is 11.2 Å². The molecule has 1 fully saturated rings. The van der Waals surface area contributed by atoms with Crippen molar-refractivity contribution < 1.29 is 4.79 Å².